The van der Waals surface area contributed by atoms with Crippen LogP contribution in [-0.4, -0.2) is 86.7 Å². The van der Waals surface area contributed by atoms with Crippen LogP contribution in [0.25, 0.3) is 16.7 Å². The molecule has 1 aliphatic carbocycles. The van der Waals surface area contributed by atoms with Crippen LogP contribution in [0.5, 0.6) is 5.75 Å². The Kier molecular flexibility index (Phi) is 13.2. The minimum Gasteiger partial charge on any atom is -0.497 e. The predicted octanol–water partition coefficient (Wildman–Crippen LogP) is 3.67. The summed E-state index contributed by atoms with van der Waals surface area (Å²) in [6.07, 6.45) is 8.49. The molecule has 252 valence electrons. The zero-order chi connectivity index (χ0) is 33.9. The number of methoxy groups -OCH3 is 1. The number of hydrogen-bond donors (Lipinski definition) is 4. The number of carbonyl (C=O) groups is 3. The van der Waals surface area contributed by atoms with E-state index in [1.54, 1.807) is 76.1 Å². The van der Waals surface area contributed by atoms with E-state index in [1.165, 1.54) is 23.8 Å². The van der Waals surface area contributed by atoms with E-state index in [9.17, 15) is 24.3 Å². The third-order valence-corrected chi connectivity index (χ3v) is 7.35. The Hall–Kier alpha value is -4.39. The van der Waals surface area contributed by atoms with Gasteiger partial charge < -0.3 is 30.2 Å². The number of aliphatic hydroxyl groups is 1. The van der Waals surface area contributed by atoms with Crippen molar-refractivity contribution < 1.29 is 29.0 Å². The van der Waals surface area contributed by atoms with Crippen LogP contribution in [0.2, 0.25) is 0 Å². The van der Waals surface area contributed by atoms with Crippen molar-refractivity contribution in [3.63, 3.8) is 0 Å². The van der Waals surface area contributed by atoms with Crippen LogP contribution in [0.1, 0.15) is 73.1 Å². The number of nitrogens with zero attached hydrogens (tertiary/aromatic N) is 3. The van der Waals surface area contributed by atoms with Crippen molar-refractivity contribution in [2.24, 2.45) is 0 Å². The number of ether oxygens (including phenoxy) is 2. The molecule has 4 N–H and O–H groups in total. The van der Waals surface area contributed by atoms with Crippen LogP contribution in [0, 0.1) is 0 Å². The zero-order valence-corrected chi connectivity index (χ0v) is 27.6. The first kappa shape index (κ1) is 36.1. The number of nitrogens with one attached hydrogen (secondary N) is 3. The van der Waals surface area contributed by atoms with Crippen molar-refractivity contribution in [1.29, 1.82) is 0 Å². The summed E-state index contributed by atoms with van der Waals surface area (Å²) in [5, 5.41) is 20.0. The standard InChI is InChI=1S/C16H30N2O4.C13H11N3O2.C4H7NO/c1-6-8-12(11(2)19)17-14(20)13-9-7-10-18(13)15(21)22-16(3,4)5;1-18-9-3-4-10-11(7-9)15-13(8-12(10)17)16-6-2-5-14-16;6-3-5-4-1-2-4/h11-13,19H,6-10H2,1-5H3,(H,17,20);2-8H,1H3,(H,15,17);3-4H,1-2H2,(H,5,6)/t11?,12-,13?;;/m0../s1. The van der Waals surface area contributed by atoms with Gasteiger partial charge in [0.15, 0.2) is 5.43 Å². The third-order valence-electron chi connectivity index (χ3n) is 7.35. The van der Waals surface area contributed by atoms with Crippen molar-refractivity contribution in [1.82, 2.24) is 30.3 Å². The lowest BCUT2D eigenvalue weighted by Gasteiger charge is -2.29. The molecule has 3 atom stereocenters. The van der Waals surface area contributed by atoms with E-state index in [2.05, 4.69) is 20.7 Å². The molecule has 2 aliphatic rings. The van der Waals surface area contributed by atoms with Gasteiger partial charge in [-0.3, -0.25) is 19.3 Å². The van der Waals surface area contributed by atoms with E-state index in [-0.39, 0.29) is 17.4 Å². The maximum Gasteiger partial charge on any atom is 0.410 e. The summed E-state index contributed by atoms with van der Waals surface area (Å²) >= 11 is 0. The number of aliphatic hydroxyl groups excluding tert-OH is 1. The molecule has 46 heavy (non-hydrogen) atoms. The first-order valence-corrected chi connectivity index (χ1v) is 15.8. The second-order valence-corrected chi connectivity index (χ2v) is 12.4. The van der Waals surface area contributed by atoms with Gasteiger partial charge in [0.2, 0.25) is 12.3 Å². The number of pyridine rings is 1. The topological polar surface area (TPSA) is 168 Å². The summed E-state index contributed by atoms with van der Waals surface area (Å²) in [5.74, 6) is 1.13. The molecule has 13 nitrogen and oxygen atoms in total. The number of amides is 3. The molecule has 0 bridgehead atoms. The number of carbonyl (C=O) groups excluding carboxylic acids is 3. The highest BCUT2D eigenvalue weighted by molar-refractivity contribution is 5.86. The molecule has 13 heteroatoms. The van der Waals surface area contributed by atoms with Crippen molar-refractivity contribution >= 4 is 29.3 Å². The zero-order valence-electron chi connectivity index (χ0n) is 27.6. The van der Waals surface area contributed by atoms with E-state index < -0.39 is 23.8 Å². The molecule has 1 saturated heterocycles. The van der Waals surface area contributed by atoms with E-state index in [0.29, 0.717) is 42.4 Å². The fourth-order valence-electron chi connectivity index (χ4n) is 4.83. The van der Waals surface area contributed by atoms with Gasteiger partial charge in [0, 0.05) is 42.5 Å². The molecule has 3 heterocycles. The lowest BCUT2D eigenvalue weighted by molar-refractivity contribution is -0.127. The van der Waals surface area contributed by atoms with Crippen molar-refractivity contribution in [2.45, 2.75) is 103 Å². The monoisotopic (exact) mass is 640 g/mol. The molecule has 3 amide bonds. The molecule has 2 fully saturated rings. The molecule has 0 spiro atoms. The number of rotatable bonds is 9. The fraction of sp³-hybridized carbons (Fsp3) is 0.545. The number of hydrogen-bond acceptors (Lipinski definition) is 8. The van der Waals surface area contributed by atoms with Gasteiger partial charge in [0.25, 0.3) is 0 Å². The smallest absolute Gasteiger partial charge is 0.410 e. The van der Waals surface area contributed by atoms with Gasteiger partial charge in [-0.05, 0) is 78.0 Å². The minimum absolute atomic E-state index is 0.0445. The van der Waals surface area contributed by atoms with E-state index in [0.717, 1.165) is 24.8 Å². The quantitative estimate of drug-likeness (QED) is 0.257. The van der Waals surface area contributed by atoms with Gasteiger partial charge in [-0.1, -0.05) is 13.3 Å². The van der Waals surface area contributed by atoms with Crippen molar-refractivity contribution in [3.05, 3.63) is 52.9 Å². The van der Waals surface area contributed by atoms with E-state index in [1.807, 2.05) is 6.92 Å². The molecular weight excluding hydrogens is 592 g/mol. The van der Waals surface area contributed by atoms with E-state index in [4.69, 9.17) is 9.47 Å². The molecule has 3 aromatic rings. The van der Waals surface area contributed by atoms with Gasteiger partial charge in [0.05, 0.1) is 24.8 Å². The number of aromatic nitrogens is 3. The first-order valence-electron chi connectivity index (χ1n) is 15.8. The largest absolute Gasteiger partial charge is 0.497 e. The first-order chi connectivity index (χ1) is 21.9. The van der Waals surface area contributed by atoms with Gasteiger partial charge >= 0.3 is 6.09 Å². The van der Waals surface area contributed by atoms with Crippen LogP contribution in [0.15, 0.2) is 47.5 Å². The molecule has 5 rings (SSSR count). The Morgan fingerprint density at radius 1 is 1.22 bits per heavy atom. The fourth-order valence-corrected chi connectivity index (χ4v) is 4.83. The average molecular weight is 641 g/mol. The second-order valence-electron chi connectivity index (χ2n) is 12.4. The summed E-state index contributed by atoms with van der Waals surface area (Å²) in [6.45, 7) is 9.62. The molecular formula is C33H48N6O7. The molecule has 0 radical (unpaired) electrons. The van der Waals surface area contributed by atoms with Crippen LogP contribution < -0.4 is 20.8 Å². The number of likely N-dealkylation sites (tertiary alicyclic amines) is 1. The summed E-state index contributed by atoms with van der Waals surface area (Å²) in [5.41, 5.74) is 0.106. The average Bonchev–Trinajstić information content (AvgIpc) is 3.43. The lowest BCUT2D eigenvalue weighted by Crippen LogP contribution is -2.52. The number of fused-ring (bicyclic) bond motifs is 1. The number of aromatic amines is 1. The summed E-state index contributed by atoms with van der Waals surface area (Å²) in [4.78, 5) is 50.8. The highest BCUT2D eigenvalue weighted by atomic mass is 16.6. The number of H-pyrrole nitrogens is 1. The summed E-state index contributed by atoms with van der Waals surface area (Å²) < 4.78 is 12.1. The Bertz CT molecular complexity index is 1480. The van der Waals surface area contributed by atoms with Gasteiger partial charge in [0.1, 0.15) is 23.2 Å². The van der Waals surface area contributed by atoms with Crippen molar-refractivity contribution in [3.8, 4) is 11.6 Å². The van der Waals surface area contributed by atoms with Crippen LogP contribution in [0.4, 0.5) is 4.79 Å². The maximum absolute atomic E-state index is 12.4. The second kappa shape index (κ2) is 16.8. The summed E-state index contributed by atoms with van der Waals surface area (Å²) in [6, 6.07) is 8.39. The van der Waals surface area contributed by atoms with Gasteiger partial charge in [-0.2, -0.15) is 5.10 Å². The van der Waals surface area contributed by atoms with E-state index >= 15 is 0 Å². The van der Waals surface area contributed by atoms with Crippen LogP contribution in [-0.2, 0) is 14.3 Å². The molecule has 1 aromatic carbocycles. The molecule has 1 saturated carbocycles. The minimum atomic E-state index is -0.611. The SMILES string of the molecule is CCC[C@H](NC(=O)C1CCCN1C(=O)OC(C)(C)C)C(C)O.COc1ccc2c(=O)cc(-n3cccn3)[nH]c2c1.O=CNC1CC1. The van der Waals surface area contributed by atoms with Crippen molar-refractivity contribution in [2.75, 3.05) is 13.7 Å². The molecule has 2 aromatic heterocycles. The molecule has 2 unspecified atom stereocenters. The lowest BCUT2D eigenvalue weighted by atomic mass is 10.1. The number of benzene rings is 1. The summed E-state index contributed by atoms with van der Waals surface area (Å²) in [7, 11) is 1.59. The van der Waals surface area contributed by atoms with Crippen LogP contribution in [0.3, 0.4) is 0 Å². The Labute approximate surface area is 269 Å². The van der Waals surface area contributed by atoms with Gasteiger partial charge in [-0.15, -0.1) is 0 Å². The Morgan fingerprint density at radius 3 is 2.50 bits per heavy atom. The third kappa shape index (κ3) is 10.9. The predicted molar refractivity (Wildman–Crippen MR) is 175 cm³/mol. The van der Waals surface area contributed by atoms with Crippen LogP contribution >= 0.6 is 0 Å². The van der Waals surface area contributed by atoms with Gasteiger partial charge in [-0.25, -0.2) is 9.48 Å². The highest BCUT2D eigenvalue weighted by Crippen LogP contribution is 2.22. The molecule has 1 aliphatic heterocycles. The normalized spacial score (nSPS) is 17.0. The Balaban J connectivity index is 0.000000214. The highest BCUT2D eigenvalue weighted by Gasteiger charge is 2.37. The Morgan fingerprint density at radius 2 is 1.96 bits per heavy atom. The maximum atomic E-state index is 12.4.